The Balaban J connectivity index is 2.14. The molecule has 2 aromatic rings. The smallest absolute Gasteiger partial charge is 0.0697 e. The number of methoxy groups -OCH3 is 1. The molecule has 0 aliphatic carbocycles. The molecule has 0 saturated heterocycles. The van der Waals surface area contributed by atoms with E-state index in [0.717, 1.165) is 22.2 Å². The Bertz CT molecular complexity index is 515. The van der Waals surface area contributed by atoms with Gasteiger partial charge in [-0.2, -0.15) is 5.10 Å². The SMILES string of the molecule is COCCn1ncc(Br)c1C(N)Cc1ccncc1. The molecule has 0 bridgehead atoms. The quantitative estimate of drug-likeness (QED) is 0.881. The number of ether oxygens (including phenoxy) is 1. The average molecular weight is 325 g/mol. The maximum absolute atomic E-state index is 6.29. The second-order valence-electron chi connectivity index (χ2n) is 4.26. The summed E-state index contributed by atoms with van der Waals surface area (Å²) >= 11 is 3.51. The first kappa shape index (κ1) is 14.2. The minimum atomic E-state index is -0.115. The fraction of sp³-hybridized carbons (Fsp3) is 0.385. The summed E-state index contributed by atoms with van der Waals surface area (Å²) in [6.07, 6.45) is 6.08. The van der Waals surface area contributed by atoms with Crippen molar-refractivity contribution >= 4 is 15.9 Å². The van der Waals surface area contributed by atoms with Gasteiger partial charge in [0.1, 0.15) is 0 Å². The maximum Gasteiger partial charge on any atom is 0.0697 e. The number of pyridine rings is 1. The summed E-state index contributed by atoms with van der Waals surface area (Å²) in [6.45, 7) is 1.31. The molecule has 5 nitrogen and oxygen atoms in total. The van der Waals surface area contributed by atoms with E-state index in [9.17, 15) is 0 Å². The van der Waals surface area contributed by atoms with Crippen molar-refractivity contribution in [1.29, 1.82) is 0 Å². The molecule has 0 aliphatic heterocycles. The van der Waals surface area contributed by atoms with Gasteiger partial charge in [0.2, 0.25) is 0 Å². The van der Waals surface area contributed by atoms with Gasteiger partial charge in [0, 0.05) is 19.5 Å². The molecule has 0 amide bonds. The van der Waals surface area contributed by atoms with Crippen molar-refractivity contribution in [1.82, 2.24) is 14.8 Å². The number of nitrogens with two attached hydrogens (primary N) is 1. The fourth-order valence-corrected chi connectivity index (χ4v) is 2.56. The highest BCUT2D eigenvalue weighted by molar-refractivity contribution is 9.10. The Kier molecular flexibility index (Phi) is 5.07. The Morgan fingerprint density at radius 2 is 2.16 bits per heavy atom. The summed E-state index contributed by atoms with van der Waals surface area (Å²) in [5, 5.41) is 4.31. The molecular formula is C13H17BrN4O. The summed E-state index contributed by atoms with van der Waals surface area (Å²) in [5.74, 6) is 0. The molecule has 0 radical (unpaired) electrons. The minimum Gasteiger partial charge on any atom is -0.383 e. The van der Waals surface area contributed by atoms with Crippen LogP contribution in [0.4, 0.5) is 0 Å². The van der Waals surface area contributed by atoms with Gasteiger partial charge in [0.05, 0.1) is 35.6 Å². The number of nitrogens with zero attached hydrogens (tertiary/aromatic N) is 3. The Morgan fingerprint density at radius 3 is 2.84 bits per heavy atom. The zero-order valence-corrected chi connectivity index (χ0v) is 12.4. The molecule has 2 heterocycles. The van der Waals surface area contributed by atoms with E-state index in [1.165, 1.54) is 0 Å². The summed E-state index contributed by atoms with van der Waals surface area (Å²) in [7, 11) is 1.68. The van der Waals surface area contributed by atoms with Gasteiger partial charge in [-0.1, -0.05) is 0 Å². The van der Waals surface area contributed by atoms with Crippen LogP contribution in [-0.4, -0.2) is 28.5 Å². The Hall–Kier alpha value is -1.24. The number of hydrogen-bond donors (Lipinski definition) is 1. The van der Waals surface area contributed by atoms with Gasteiger partial charge in [0.15, 0.2) is 0 Å². The van der Waals surface area contributed by atoms with Gasteiger partial charge in [0.25, 0.3) is 0 Å². The molecular weight excluding hydrogens is 308 g/mol. The number of rotatable bonds is 6. The van der Waals surface area contributed by atoms with Crippen LogP contribution in [0.3, 0.4) is 0 Å². The van der Waals surface area contributed by atoms with E-state index in [0.29, 0.717) is 13.2 Å². The van der Waals surface area contributed by atoms with Crippen LogP contribution in [0.2, 0.25) is 0 Å². The van der Waals surface area contributed by atoms with Gasteiger partial charge < -0.3 is 10.5 Å². The average Bonchev–Trinajstić information content (AvgIpc) is 2.78. The molecule has 0 aromatic carbocycles. The molecule has 0 fully saturated rings. The lowest BCUT2D eigenvalue weighted by Gasteiger charge is -2.15. The zero-order valence-electron chi connectivity index (χ0n) is 10.8. The summed E-state index contributed by atoms with van der Waals surface area (Å²) < 4.78 is 7.91. The number of hydrogen-bond acceptors (Lipinski definition) is 4. The Morgan fingerprint density at radius 1 is 1.42 bits per heavy atom. The van der Waals surface area contributed by atoms with Crippen molar-refractivity contribution in [2.24, 2.45) is 5.73 Å². The topological polar surface area (TPSA) is 66.0 Å². The first-order valence-corrected chi connectivity index (χ1v) is 6.86. The molecule has 0 saturated carbocycles. The molecule has 2 aromatic heterocycles. The Labute approximate surface area is 120 Å². The normalized spacial score (nSPS) is 12.6. The van der Waals surface area contributed by atoms with Crippen LogP contribution < -0.4 is 5.73 Å². The molecule has 2 rings (SSSR count). The standard InChI is InChI=1S/C13H17BrN4O/c1-19-7-6-18-13(11(14)9-17-18)12(15)8-10-2-4-16-5-3-10/h2-5,9,12H,6-8,15H2,1H3. The van der Waals surface area contributed by atoms with Crippen molar-refractivity contribution in [2.75, 3.05) is 13.7 Å². The third-order valence-corrected chi connectivity index (χ3v) is 3.51. The van der Waals surface area contributed by atoms with E-state index < -0.39 is 0 Å². The predicted molar refractivity (Wildman–Crippen MR) is 76.7 cm³/mol. The van der Waals surface area contributed by atoms with Crippen LogP contribution in [0.25, 0.3) is 0 Å². The van der Waals surface area contributed by atoms with E-state index >= 15 is 0 Å². The second kappa shape index (κ2) is 6.79. The van der Waals surface area contributed by atoms with E-state index in [4.69, 9.17) is 10.5 Å². The van der Waals surface area contributed by atoms with Crippen molar-refractivity contribution in [3.8, 4) is 0 Å². The van der Waals surface area contributed by atoms with Crippen molar-refractivity contribution in [3.63, 3.8) is 0 Å². The second-order valence-corrected chi connectivity index (χ2v) is 5.11. The van der Waals surface area contributed by atoms with Gasteiger partial charge in [-0.15, -0.1) is 0 Å². The fourth-order valence-electron chi connectivity index (χ4n) is 1.97. The van der Waals surface area contributed by atoms with E-state index in [1.54, 1.807) is 25.7 Å². The van der Waals surface area contributed by atoms with Crippen molar-refractivity contribution in [2.45, 2.75) is 19.0 Å². The maximum atomic E-state index is 6.29. The van der Waals surface area contributed by atoms with E-state index in [-0.39, 0.29) is 6.04 Å². The highest BCUT2D eigenvalue weighted by Gasteiger charge is 2.16. The third kappa shape index (κ3) is 3.62. The molecule has 19 heavy (non-hydrogen) atoms. The van der Waals surface area contributed by atoms with Gasteiger partial charge >= 0.3 is 0 Å². The van der Waals surface area contributed by atoms with Crippen LogP contribution in [-0.2, 0) is 17.7 Å². The van der Waals surface area contributed by atoms with Gasteiger partial charge in [-0.05, 0) is 40.0 Å². The summed E-state index contributed by atoms with van der Waals surface area (Å²) in [4.78, 5) is 4.01. The summed E-state index contributed by atoms with van der Waals surface area (Å²) in [5.41, 5.74) is 8.45. The van der Waals surface area contributed by atoms with Crippen molar-refractivity contribution < 1.29 is 4.74 Å². The van der Waals surface area contributed by atoms with Gasteiger partial charge in [-0.25, -0.2) is 0 Å². The largest absolute Gasteiger partial charge is 0.383 e. The lowest BCUT2D eigenvalue weighted by molar-refractivity contribution is 0.182. The summed E-state index contributed by atoms with van der Waals surface area (Å²) in [6, 6.07) is 3.84. The molecule has 102 valence electrons. The molecule has 0 aliphatic rings. The lowest BCUT2D eigenvalue weighted by atomic mass is 10.1. The first-order chi connectivity index (χ1) is 9.22. The lowest BCUT2D eigenvalue weighted by Crippen LogP contribution is -2.20. The van der Waals surface area contributed by atoms with Crippen LogP contribution in [0, 0.1) is 0 Å². The predicted octanol–water partition coefficient (Wildman–Crippen LogP) is 1.93. The van der Waals surface area contributed by atoms with Crippen LogP contribution in [0.1, 0.15) is 17.3 Å². The number of aromatic nitrogens is 3. The van der Waals surface area contributed by atoms with Crippen LogP contribution in [0.5, 0.6) is 0 Å². The molecule has 1 unspecified atom stereocenters. The molecule has 6 heteroatoms. The third-order valence-electron chi connectivity index (χ3n) is 2.90. The van der Waals surface area contributed by atoms with Gasteiger partial charge in [-0.3, -0.25) is 9.67 Å². The highest BCUT2D eigenvalue weighted by atomic mass is 79.9. The van der Waals surface area contributed by atoms with E-state index in [1.807, 2.05) is 16.8 Å². The molecule has 0 spiro atoms. The highest BCUT2D eigenvalue weighted by Crippen LogP contribution is 2.24. The zero-order chi connectivity index (χ0) is 13.7. The first-order valence-electron chi connectivity index (χ1n) is 6.07. The molecule has 2 N–H and O–H groups in total. The van der Waals surface area contributed by atoms with Crippen molar-refractivity contribution in [3.05, 3.63) is 46.5 Å². The van der Waals surface area contributed by atoms with Crippen LogP contribution in [0.15, 0.2) is 35.2 Å². The monoisotopic (exact) mass is 324 g/mol. The number of halogens is 1. The minimum absolute atomic E-state index is 0.115. The van der Waals surface area contributed by atoms with E-state index in [2.05, 4.69) is 26.0 Å². The molecule has 1 atom stereocenters. The van der Waals surface area contributed by atoms with Crippen LogP contribution >= 0.6 is 15.9 Å².